The Kier molecular flexibility index (Phi) is 3.37. The molecule has 1 aliphatic rings. The SMILES string of the molecule is CCCC1Sc2c(C)cccc2C1NC. The van der Waals surface area contributed by atoms with Crippen molar-refractivity contribution in [3.63, 3.8) is 0 Å². The highest BCUT2D eigenvalue weighted by Crippen LogP contribution is 2.47. The van der Waals surface area contributed by atoms with Crippen molar-refractivity contribution in [3.05, 3.63) is 29.3 Å². The summed E-state index contributed by atoms with van der Waals surface area (Å²) < 4.78 is 0. The molecule has 2 rings (SSSR count). The average Bonchev–Trinajstić information content (AvgIpc) is 2.58. The van der Waals surface area contributed by atoms with Crippen molar-refractivity contribution in [1.29, 1.82) is 0 Å². The van der Waals surface area contributed by atoms with Gasteiger partial charge in [-0.15, -0.1) is 11.8 Å². The predicted octanol–water partition coefficient (Wildman–Crippen LogP) is 3.53. The molecular weight excluding hydrogens is 202 g/mol. The topological polar surface area (TPSA) is 12.0 Å². The Labute approximate surface area is 96.7 Å². The van der Waals surface area contributed by atoms with Gasteiger partial charge in [0.1, 0.15) is 0 Å². The van der Waals surface area contributed by atoms with Gasteiger partial charge in [-0.2, -0.15) is 0 Å². The van der Waals surface area contributed by atoms with Gasteiger partial charge in [-0.3, -0.25) is 0 Å². The van der Waals surface area contributed by atoms with Gasteiger partial charge in [0, 0.05) is 16.2 Å². The molecule has 1 aromatic rings. The fraction of sp³-hybridized carbons (Fsp3) is 0.538. The van der Waals surface area contributed by atoms with Gasteiger partial charge in [-0.05, 0) is 31.5 Å². The second kappa shape index (κ2) is 4.58. The molecule has 2 atom stereocenters. The Morgan fingerprint density at radius 1 is 1.40 bits per heavy atom. The number of rotatable bonds is 3. The van der Waals surface area contributed by atoms with E-state index in [2.05, 4.69) is 56.2 Å². The van der Waals surface area contributed by atoms with Crippen molar-refractivity contribution < 1.29 is 0 Å². The molecule has 0 aliphatic carbocycles. The average molecular weight is 221 g/mol. The van der Waals surface area contributed by atoms with E-state index >= 15 is 0 Å². The van der Waals surface area contributed by atoms with Gasteiger partial charge in [-0.25, -0.2) is 0 Å². The van der Waals surface area contributed by atoms with E-state index in [1.54, 1.807) is 0 Å². The van der Waals surface area contributed by atoms with Crippen molar-refractivity contribution in [3.8, 4) is 0 Å². The number of hydrogen-bond donors (Lipinski definition) is 1. The molecule has 1 N–H and O–H groups in total. The van der Waals surface area contributed by atoms with E-state index < -0.39 is 0 Å². The summed E-state index contributed by atoms with van der Waals surface area (Å²) in [6.07, 6.45) is 2.56. The highest BCUT2D eigenvalue weighted by molar-refractivity contribution is 8.00. The molecule has 0 saturated carbocycles. The monoisotopic (exact) mass is 221 g/mol. The van der Waals surface area contributed by atoms with Crippen LogP contribution in [0.3, 0.4) is 0 Å². The van der Waals surface area contributed by atoms with Crippen LogP contribution in [0.15, 0.2) is 23.1 Å². The molecule has 0 aromatic heterocycles. The van der Waals surface area contributed by atoms with Crippen LogP contribution in [0.25, 0.3) is 0 Å². The van der Waals surface area contributed by atoms with E-state index in [1.807, 2.05) is 0 Å². The Morgan fingerprint density at radius 3 is 2.87 bits per heavy atom. The number of benzene rings is 1. The first-order valence-electron chi connectivity index (χ1n) is 5.71. The number of nitrogens with one attached hydrogen (secondary N) is 1. The molecule has 1 aliphatic heterocycles. The van der Waals surface area contributed by atoms with Crippen LogP contribution in [-0.4, -0.2) is 12.3 Å². The third kappa shape index (κ3) is 1.93. The number of hydrogen-bond acceptors (Lipinski definition) is 2. The summed E-state index contributed by atoms with van der Waals surface area (Å²) in [4.78, 5) is 1.51. The lowest BCUT2D eigenvalue weighted by molar-refractivity contribution is 0.544. The zero-order chi connectivity index (χ0) is 10.8. The molecule has 0 bridgehead atoms. The normalized spacial score (nSPS) is 24.2. The van der Waals surface area contributed by atoms with Crippen LogP contribution in [0, 0.1) is 6.92 Å². The summed E-state index contributed by atoms with van der Waals surface area (Å²) in [7, 11) is 2.07. The van der Waals surface area contributed by atoms with Gasteiger partial charge < -0.3 is 5.32 Å². The molecule has 1 nitrogen and oxygen atoms in total. The first-order chi connectivity index (χ1) is 7.27. The number of aryl methyl sites for hydroxylation is 1. The van der Waals surface area contributed by atoms with Gasteiger partial charge in [-0.1, -0.05) is 31.5 Å². The van der Waals surface area contributed by atoms with Crippen molar-refractivity contribution in [2.24, 2.45) is 0 Å². The lowest BCUT2D eigenvalue weighted by Gasteiger charge is -2.17. The van der Waals surface area contributed by atoms with Crippen LogP contribution >= 0.6 is 11.8 Å². The molecule has 0 saturated heterocycles. The molecule has 1 heterocycles. The minimum Gasteiger partial charge on any atom is -0.312 e. The van der Waals surface area contributed by atoms with Gasteiger partial charge in [0.2, 0.25) is 0 Å². The van der Waals surface area contributed by atoms with Crippen LogP contribution in [0.4, 0.5) is 0 Å². The highest BCUT2D eigenvalue weighted by Gasteiger charge is 2.31. The standard InChI is InChI=1S/C13H19NS/c1-4-6-11-12(14-3)10-8-5-7-9(2)13(10)15-11/h5,7-8,11-12,14H,4,6H2,1-3H3. The van der Waals surface area contributed by atoms with E-state index in [1.165, 1.54) is 28.9 Å². The van der Waals surface area contributed by atoms with Crippen molar-refractivity contribution >= 4 is 11.8 Å². The zero-order valence-corrected chi connectivity index (χ0v) is 10.5. The number of thioether (sulfide) groups is 1. The summed E-state index contributed by atoms with van der Waals surface area (Å²) in [6, 6.07) is 7.21. The summed E-state index contributed by atoms with van der Waals surface area (Å²) in [5, 5.41) is 4.18. The summed E-state index contributed by atoms with van der Waals surface area (Å²) >= 11 is 2.06. The van der Waals surface area contributed by atoms with Crippen molar-refractivity contribution in [1.82, 2.24) is 5.32 Å². The lowest BCUT2D eigenvalue weighted by Crippen LogP contribution is -2.23. The largest absolute Gasteiger partial charge is 0.312 e. The van der Waals surface area contributed by atoms with E-state index in [-0.39, 0.29) is 0 Å². The maximum atomic E-state index is 3.46. The molecule has 15 heavy (non-hydrogen) atoms. The zero-order valence-electron chi connectivity index (χ0n) is 9.71. The first kappa shape index (κ1) is 11.0. The van der Waals surface area contributed by atoms with Crippen LogP contribution in [-0.2, 0) is 0 Å². The quantitative estimate of drug-likeness (QED) is 0.838. The van der Waals surface area contributed by atoms with Crippen LogP contribution in [0.5, 0.6) is 0 Å². The van der Waals surface area contributed by atoms with E-state index in [0.717, 1.165) is 5.25 Å². The van der Waals surface area contributed by atoms with Gasteiger partial charge in [0.15, 0.2) is 0 Å². The second-order valence-corrected chi connectivity index (χ2v) is 5.45. The molecule has 2 unspecified atom stereocenters. The summed E-state index contributed by atoms with van der Waals surface area (Å²) in [6.45, 7) is 4.48. The molecule has 82 valence electrons. The first-order valence-corrected chi connectivity index (χ1v) is 6.59. The Hall–Kier alpha value is -0.470. The molecule has 2 heteroatoms. The lowest BCUT2D eigenvalue weighted by atomic mass is 10.00. The molecule has 1 aromatic carbocycles. The maximum Gasteiger partial charge on any atom is 0.0452 e. The molecule has 0 radical (unpaired) electrons. The minimum absolute atomic E-state index is 0.546. The Bertz CT molecular complexity index is 348. The molecular formula is C13H19NS. The second-order valence-electron chi connectivity index (χ2n) is 4.20. The third-order valence-electron chi connectivity index (χ3n) is 3.10. The summed E-state index contributed by atoms with van der Waals surface area (Å²) in [5.41, 5.74) is 2.93. The molecule has 0 fully saturated rings. The van der Waals surface area contributed by atoms with Crippen molar-refractivity contribution in [2.75, 3.05) is 7.05 Å². The van der Waals surface area contributed by atoms with E-state index in [9.17, 15) is 0 Å². The predicted molar refractivity (Wildman–Crippen MR) is 67.5 cm³/mol. The maximum absolute atomic E-state index is 3.46. The highest BCUT2D eigenvalue weighted by atomic mass is 32.2. The minimum atomic E-state index is 0.546. The van der Waals surface area contributed by atoms with E-state index in [4.69, 9.17) is 0 Å². The van der Waals surface area contributed by atoms with Gasteiger partial charge >= 0.3 is 0 Å². The third-order valence-corrected chi connectivity index (χ3v) is 4.71. The molecule has 0 spiro atoms. The Morgan fingerprint density at radius 2 is 2.20 bits per heavy atom. The van der Waals surface area contributed by atoms with Crippen LogP contribution in [0.1, 0.15) is 36.9 Å². The fourth-order valence-electron chi connectivity index (χ4n) is 2.35. The van der Waals surface area contributed by atoms with Gasteiger partial charge in [0.05, 0.1) is 0 Å². The van der Waals surface area contributed by atoms with Crippen LogP contribution in [0.2, 0.25) is 0 Å². The van der Waals surface area contributed by atoms with Crippen molar-refractivity contribution in [2.45, 2.75) is 42.9 Å². The smallest absolute Gasteiger partial charge is 0.0452 e. The number of fused-ring (bicyclic) bond motifs is 1. The van der Waals surface area contributed by atoms with Gasteiger partial charge in [0.25, 0.3) is 0 Å². The Balaban J connectivity index is 2.32. The molecule has 0 amide bonds. The summed E-state index contributed by atoms with van der Waals surface area (Å²) in [5.74, 6) is 0. The van der Waals surface area contributed by atoms with E-state index in [0.29, 0.717) is 6.04 Å². The van der Waals surface area contributed by atoms with Crippen LogP contribution < -0.4 is 5.32 Å². The fourth-order valence-corrected chi connectivity index (χ4v) is 4.01.